The molecule has 0 spiro atoms. The highest BCUT2D eigenvalue weighted by Crippen LogP contribution is 2.30. The number of anilines is 1. The molecule has 0 saturated carbocycles. The van der Waals surface area contributed by atoms with Crippen LogP contribution < -0.4 is 5.32 Å². The van der Waals surface area contributed by atoms with Gasteiger partial charge in [-0.15, -0.1) is 0 Å². The van der Waals surface area contributed by atoms with Gasteiger partial charge < -0.3 is 10.1 Å². The minimum atomic E-state index is -0.241. The Labute approximate surface area is 157 Å². The van der Waals surface area contributed by atoms with E-state index < -0.39 is 0 Å². The van der Waals surface area contributed by atoms with E-state index in [1.165, 1.54) is 36.2 Å². The molecule has 2 aromatic heterocycles. The highest BCUT2D eigenvalue weighted by Gasteiger charge is 2.22. The van der Waals surface area contributed by atoms with Gasteiger partial charge in [-0.3, -0.25) is 0 Å². The van der Waals surface area contributed by atoms with E-state index in [0.29, 0.717) is 0 Å². The van der Waals surface area contributed by atoms with E-state index >= 15 is 0 Å². The SMILES string of the molecule is Fc1ccc(-c2cc3nc4c(c(NC[C@@H]5CCCO5)n3n2)CCCC4)cc1. The standard InChI is InChI=1S/C21H23FN4O/c22-15-9-7-14(8-10-15)19-12-20-24-18-6-2-1-5-17(18)21(26(20)25-19)23-13-16-4-3-11-27-16/h7-10,12,16,23H,1-6,11,13H2/t16-/m0/s1. The van der Waals surface area contributed by atoms with Crippen LogP contribution in [0.2, 0.25) is 0 Å². The Morgan fingerprint density at radius 3 is 2.81 bits per heavy atom. The molecule has 1 atom stereocenters. The third-order valence-electron chi connectivity index (χ3n) is 5.54. The average molecular weight is 366 g/mol. The van der Waals surface area contributed by atoms with Crippen molar-refractivity contribution in [2.45, 2.75) is 44.6 Å². The lowest BCUT2D eigenvalue weighted by molar-refractivity contribution is 0.120. The predicted octanol–water partition coefficient (Wildman–Crippen LogP) is 4.01. The molecule has 1 aliphatic carbocycles. The minimum absolute atomic E-state index is 0.241. The van der Waals surface area contributed by atoms with E-state index in [9.17, 15) is 4.39 Å². The smallest absolute Gasteiger partial charge is 0.158 e. The Morgan fingerprint density at radius 2 is 2.00 bits per heavy atom. The molecule has 1 aliphatic heterocycles. The molecule has 3 heterocycles. The highest BCUT2D eigenvalue weighted by molar-refractivity contribution is 5.67. The molecule has 140 valence electrons. The van der Waals surface area contributed by atoms with Gasteiger partial charge in [-0.25, -0.2) is 9.37 Å². The lowest BCUT2D eigenvalue weighted by Gasteiger charge is -2.21. The zero-order valence-corrected chi connectivity index (χ0v) is 15.2. The zero-order chi connectivity index (χ0) is 18.2. The fraction of sp³-hybridized carbons (Fsp3) is 0.429. The first-order valence-electron chi connectivity index (χ1n) is 9.81. The quantitative estimate of drug-likeness (QED) is 0.758. The van der Waals surface area contributed by atoms with E-state index in [-0.39, 0.29) is 11.9 Å². The molecule has 1 aromatic carbocycles. The van der Waals surface area contributed by atoms with Crippen molar-refractivity contribution in [3.8, 4) is 11.3 Å². The van der Waals surface area contributed by atoms with Gasteiger partial charge in [0.25, 0.3) is 0 Å². The van der Waals surface area contributed by atoms with Gasteiger partial charge in [0.1, 0.15) is 11.6 Å². The first-order valence-corrected chi connectivity index (χ1v) is 9.81. The summed E-state index contributed by atoms with van der Waals surface area (Å²) < 4.78 is 21.0. The molecule has 0 bridgehead atoms. The number of halogens is 1. The van der Waals surface area contributed by atoms with Crippen LogP contribution in [-0.2, 0) is 17.6 Å². The van der Waals surface area contributed by atoms with Crippen molar-refractivity contribution in [2.75, 3.05) is 18.5 Å². The summed E-state index contributed by atoms with van der Waals surface area (Å²) in [6.45, 7) is 1.64. The second-order valence-corrected chi connectivity index (χ2v) is 7.42. The van der Waals surface area contributed by atoms with E-state index in [4.69, 9.17) is 14.8 Å². The van der Waals surface area contributed by atoms with Crippen molar-refractivity contribution in [1.82, 2.24) is 14.6 Å². The van der Waals surface area contributed by atoms with Crippen LogP contribution in [0.4, 0.5) is 10.2 Å². The average Bonchev–Trinajstić information content (AvgIpc) is 3.35. The topological polar surface area (TPSA) is 51.5 Å². The van der Waals surface area contributed by atoms with Gasteiger partial charge in [0.05, 0.1) is 11.8 Å². The van der Waals surface area contributed by atoms with Crippen LogP contribution in [0.15, 0.2) is 30.3 Å². The van der Waals surface area contributed by atoms with Gasteiger partial charge in [-0.1, -0.05) is 0 Å². The molecule has 0 radical (unpaired) electrons. The van der Waals surface area contributed by atoms with E-state index in [2.05, 4.69) is 5.32 Å². The maximum absolute atomic E-state index is 13.3. The fourth-order valence-corrected chi connectivity index (χ4v) is 4.11. The largest absolute Gasteiger partial charge is 0.376 e. The molecule has 0 unspecified atom stereocenters. The Balaban J connectivity index is 1.57. The molecule has 2 aliphatic rings. The number of rotatable bonds is 4. The lowest BCUT2D eigenvalue weighted by Crippen LogP contribution is -2.22. The summed E-state index contributed by atoms with van der Waals surface area (Å²) in [7, 11) is 0. The van der Waals surface area contributed by atoms with Crippen molar-refractivity contribution in [3.05, 3.63) is 47.4 Å². The van der Waals surface area contributed by atoms with Crippen molar-refractivity contribution >= 4 is 11.5 Å². The van der Waals surface area contributed by atoms with Gasteiger partial charge in [0, 0.05) is 36.0 Å². The Morgan fingerprint density at radius 1 is 1.15 bits per heavy atom. The molecule has 5 rings (SSSR count). The third kappa shape index (κ3) is 3.18. The van der Waals surface area contributed by atoms with Crippen LogP contribution >= 0.6 is 0 Å². The molecule has 6 heteroatoms. The Kier molecular flexibility index (Phi) is 4.28. The maximum atomic E-state index is 13.3. The summed E-state index contributed by atoms with van der Waals surface area (Å²) in [5, 5.41) is 8.40. The number of fused-ring (bicyclic) bond motifs is 2. The first-order chi connectivity index (χ1) is 13.3. The predicted molar refractivity (Wildman–Crippen MR) is 102 cm³/mol. The molecular formula is C21H23FN4O. The molecule has 1 N–H and O–H groups in total. The fourth-order valence-electron chi connectivity index (χ4n) is 4.11. The molecule has 1 saturated heterocycles. The molecule has 27 heavy (non-hydrogen) atoms. The first kappa shape index (κ1) is 16.7. The number of hydrogen-bond acceptors (Lipinski definition) is 4. The van der Waals surface area contributed by atoms with Crippen LogP contribution in [0, 0.1) is 5.82 Å². The number of hydrogen-bond donors (Lipinski definition) is 1. The van der Waals surface area contributed by atoms with Gasteiger partial charge in [-0.2, -0.15) is 9.61 Å². The Hall–Kier alpha value is -2.47. The summed E-state index contributed by atoms with van der Waals surface area (Å²) in [6, 6.07) is 8.44. The third-order valence-corrected chi connectivity index (χ3v) is 5.54. The number of aryl methyl sites for hydroxylation is 1. The van der Waals surface area contributed by atoms with Gasteiger partial charge in [0.15, 0.2) is 5.65 Å². The zero-order valence-electron chi connectivity index (χ0n) is 15.2. The maximum Gasteiger partial charge on any atom is 0.158 e. The number of nitrogens with one attached hydrogen (secondary N) is 1. The second kappa shape index (κ2) is 6.93. The number of nitrogens with zero attached hydrogens (tertiary/aromatic N) is 3. The summed E-state index contributed by atoms with van der Waals surface area (Å²) in [5.41, 5.74) is 4.99. The molecular weight excluding hydrogens is 343 g/mol. The molecule has 0 amide bonds. The number of ether oxygens (including phenoxy) is 1. The van der Waals surface area contributed by atoms with E-state index in [0.717, 1.165) is 61.6 Å². The van der Waals surface area contributed by atoms with Crippen LogP contribution in [0.3, 0.4) is 0 Å². The lowest BCUT2D eigenvalue weighted by atomic mass is 9.96. The summed E-state index contributed by atoms with van der Waals surface area (Å²) in [4.78, 5) is 4.88. The van der Waals surface area contributed by atoms with Crippen LogP contribution in [0.5, 0.6) is 0 Å². The van der Waals surface area contributed by atoms with Crippen LogP contribution in [0.1, 0.15) is 36.9 Å². The number of aromatic nitrogens is 3. The minimum Gasteiger partial charge on any atom is -0.376 e. The van der Waals surface area contributed by atoms with Crippen LogP contribution in [0.25, 0.3) is 16.9 Å². The monoisotopic (exact) mass is 366 g/mol. The van der Waals surface area contributed by atoms with E-state index in [1.807, 2.05) is 10.6 Å². The molecule has 5 nitrogen and oxygen atoms in total. The summed E-state index contributed by atoms with van der Waals surface area (Å²) >= 11 is 0. The van der Waals surface area contributed by atoms with Crippen molar-refractivity contribution in [3.63, 3.8) is 0 Å². The van der Waals surface area contributed by atoms with Gasteiger partial charge in [0.2, 0.25) is 0 Å². The molecule has 1 fully saturated rings. The second-order valence-electron chi connectivity index (χ2n) is 7.42. The molecule has 3 aromatic rings. The normalized spacial score (nSPS) is 19.4. The van der Waals surface area contributed by atoms with Crippen molar-refractivity contribution in [2.24, 2.45) is 0 Å². The van der Waals surface area contributed by atoms with E-state index in [1.54, 1.807) is 12.1 Å². The summed E-state index contributed by atoms with van der Waals surface area (Å²) in [5.74, 6) is 0.800. The van der Waals surface area contributed by atoms with Crippen molar-refractivity contribution < 1.29 is 9.13 Å². The van der Waals surface area contributed by atoms with Gasteiger partial charge in [-0.05, 0) is 62.8 Å². The number of benzene rings is 1. The Bertz CT molecular complexity index is 960. The van der Waals surface area contributed by atoms with Crippen LogP contribution in [-0.4, -0.2) is 33.9 Å². The highest BCUT2D eigenvalue weighted by atomic mass is 19.1. The summed E-state index contributed by atoms with van der Waals surface area (Å²) in [6.07, 6.45) is 6.90. The van der Waals surface area contributed by atoms with Crippen molar-refractivity contribution in [1.29, 1.82) is 0 Å². The van der Waals surface area contributed by atoms with Gasteiger partial charge >= 0.3 is 0 Å².